The fraction of sp³-hybridized carbons (Fsp3) is 0.133. The lowest BCUT2D eigenvalue weighted by Crippen LogP contribution is -2.04. The van der Waals surface area contributed by atoms with Gasteiger partial charge in [-0.2, -0.15) is 18.4 Å². The minimum atomic E-state index is -4.44. The molecule has 0 radical (unpaired) electrons. The second kappa shape index (κ2) is 5.85. The van der Waals surface area contributed by atoms with Gasteiger partial charge in [0.05, 0.1) is 11.1 Å². The molecule has 0 amide bonds. The van der Waals surface area contributed by atoms with Crippen LogP contribution >= 0.6 is 0 Å². The molecule has 2 aromatic rings. The van der Waals surface area contributed by atoms with Gasteiger partial charge in [-0.1, -0.05) is 12.1 Å². The molecule has 21 heavy (non-hydrogen) atoms. The van der Waals surface area contributed by atoms with Crippen molar-refractivity contribution in [3.63, 3.8) is 0 Å². The number of nitrogens with zero attached hydrogens (tertiary/aromatic N) is 1. The third-order valence-corrected chi connectivity index (χ3v) is 2.79. The van der Waals surface area contributed by atoms with Crippen LogP contribution in [0.15, 0.2) is 42.5 Å². The van der Waals surface area contributed by atoms with Gasteiger partial charge in [0.15, 0.2) is 0 Å². The molecule has 0 aliphatic carbocycles. The van der Waals surface area contributed by atoms with Crippen LogP contribution in [-0.4, -0.2) is 0 Å². The molecule has 3 nitrogen and oxygen atoms in total. The Labute approximate surface area is 119 Å². The summed E-state index contributed by atoms with van der Waals surface area (Å²) >= 11 is 0. The fourth-order valence-corrected chi connectivity index (χ4v) is 1.74. The summed E-state index contributed by atoms with van der Waals surface area (Å²) in [6.45, 7) is 0.262. The van der Waals surface area contributed by atoms with Crippen LogP contribution in [0.3, 0.4) is 0 Å². The molecule has 0 aromatic heterocycles. The van der Waals surface area contributed by atoms with Crippen molar-refractivity contribution >= 4 is 0 Å². The summed E-state index contributed by atoms with van der Waals surface area (Å²) < 4.78 is 43.3. The Kier molecular flexibility index (Phi) is 4.15. The minimum absolute atomic E-state index is 0.0156. The second-order valence-electron chi connectivity index (χ2n) is 4.27. The van der Waals surface area contributed by atoms with E-state index in [9.17, 15) is 13.2 Å². The van der Waals surface area contributed by atoms with E-state index in [1.807, 2.05) is 6.07 Å². The first-order chi connectivity index (χ1) is 9.94. The molecule has 2 N–H and O–H groups in total. The number of alkyl halides is 3. The number of hydrogen-bond acceptors (Lipinski definition) is 3. The summed E-state index contributed by atoms with van der Waals surface area (Å²) in [6, 6.07) is 11.1. The van der Waals surface area contributed by atoms with Crippen LogP contribution < -0.4 is 10.5 Å². The quantitative estimate of drug-likeness (QED) is 0.935. The number of benzene rings is 2. The van der Waals surface area contributed by atoms with E-state index < -0.39 is 11.7 Å². The summed E-state index contributed by atoms with van der Waals surface area (Å²) in [5.74, 6) is 0.204. The fourth-order valence-electron chi connectivity index (χ4n) is 1.74. The summed E-state index contributed by atoms with van der Waals surface area (Å²) in [5.41, 5.74) is 5.62. The molecule has 0 fully saturated rings. The van der Waals surface area contributed by atoms with Gasteiger partial charge in [0.2, 0.25) is 0 Å². The average Bonchev–Trinajstić information content (AvgIpc) is 2.47. The van der Waals surface area contributed by atoms with E-state index in [4.69, 9.17) is 15.7 Å². The summed E-state index contributed by atoms with van der Waals surface area (Å²) in [7, 11) is 0. The third kappa shape index (κ3) is 3.52. The minimum Gasteiger partial charge on any atom is -0.456 e. The van der Waals surface area contributed by atoms with Gasteiger partial charge in [0, 0.05) is 6.54 Å². The SMILES string of the molecule is N#Cc1cc(CN)ccc1Oc1cccc(C(F)(F)F)c1. The van der Waals surface area contributed by atoms with Gasteiger partial charge in [0.1, 0.15) is 17.6 Å². The molecule has 2 aromatic carbocycles. The van der Waals surface area contributed by atoms with Crippen molar-refractivity contribution in [3.8, 4) is 17.6 Å². The first-order valence-electron chi connectivity index (χ1n) is 6.02. The summed E-state index contributed by atoms with van der Waals surface area (Å²) in [5, 5.41) is 9.05. The lowest BCUT2D eigenvalue weighted by Gasteiger charge is -2.11. The van der Waals surface area contributed by atoms with Crippen molar-refractivity contribution in [3.05, 3.63) is 59.2 Å². The maximum absolute atomic E-state index is 12.6. The number of ether oxygens (including phenoxy) is 1. The Morgan fingerprint density at radius 2 is 1.90 bits per heavy atom. The average molecular weight is 292 g/mol. The van der Waals surface area contributed by atoms with Crippen molar-refractivity contribution in [2.24, 2.45) is 5.73 Å². The molecular formula is C15H11F3N2O. The standard InChI is InChI=1S/C15H11F3N2O/c16-15(17,18)12-2-1-3-13(7-12)21-14-5-4-10(8-19)6-11(14)9-20/h1-7H,8,19H2. The highest BCUT2D eigenvalue weighted by Gasteiger charge is 2.30. The maximum atomic E-state index is 12.6. The van der Waals surface area contributed by atoms with Crippen LogP contribution in [0.1, 0.15) is 16.7 Å². The zero-order chi connectivity index (χ0) is 15.5. The van der Waals surface area contributed by atoms with E-state index in [1.165, 1.54) is 18.2 Å². The number of rotatable bonds is 3. The first kappa shape index (κ1) is 14.9. The molecule has 2 rings (SSSR count). The molecule has 0 atom stereocenters. The Morgan fingerprint density at radius 1 is 1.14 bits per heavy atom. The van der Waals surface area contributed by atoms with Crippen LogP contribution in [0.2, 0.25) is 0 Å². The predicted molar refractivity (Wildman–Crippen MR) is 70.6 cm³/mol. The monoisotopic (exact) mass is 292 g/mol. The van der Waals surface area contributed by atoms with Crippen molar-refractivity contribution in [2.45, 2.75) is 12.7 Å². The highest BCUT2D eigenvalue weighted by atomic mass is 19.4. The number of hydrogen-bond donors (Lipinski definition) is 1. The number of nitrogens with two attached hydrogens (primary N) is 1. The van der Waals surface area contributed by atoms with Gasteiger partial charge >= 0.3 is 6.18 Å². The van der Waals surface area contributed by atoms with Crippen LogP contribution in [0.5, 0.6) is 11.5 Å². The zero-order valence-electron chi connectivity index (χ0n) is 10.8. The largest absolute Gasteiger partial charge is 0.456 e. The topological polar surface area (TPSA) is 59.0 Å². The van der Waals surface area contributed by atoms with Gasteiger partial charge in [-0.25, -0.2) is 0 Å². The molecule has 0 heterocycles. The van der Waals surface area contributed by atoms with Gasteiger partial charge < -0.3 is 10.5 Å². The smallest absolute Gasteiger partial charge is 0.416 e. The van der Waals surface area contributed by atoms with Crippen LogP contribution in [-0.2, 0) is 12.7 Å². The van der Waals surface area contributed by atoms with Crippen molar-refractivity contribution in [2.75, 3.05) is 0 Å². The van der Waals surface area contributed by atoms with E-state index >= 15 is 0 Å². The van der Waals surface area contributed by atoms with Crippen LogP contribution in [0.4, 0.5) is 13.2 Å². The third-order valence-electron chi connectivity index (χ3n) is 2.79. The molecule has 0 bridgehead atoms. The van der Waals surface area contributed by atoms with E-state index in [-0.39, 0.29) is 23.6 Å². The summed E-state index contributed by atoms with van der Waals surface area (Å²) in [6.07, 6.45) is -4.44. The first-order valence-corrected chi connectivity index (χ1v) is 6.02. The normalized spacial score (nSPS) is 11.0. The Morgan fingerprint density at radius 3 is 2.52 bits per heavy atom. The van der Waals surface area contributed by atoms with Crippen molar-refractivity contribution in [1.29, 1.82) is 5.26 Å². The molecule has 0 unspecified atom stereocenters. The summed E-state index contributed by atoms with van der Waals surface area (Å²) in [4.78, 5) is 0. The Hall–Kier alpha value is -2.52. The molecule has 0 saturated carbocycles. The maximum Gasteiger partial charge on any atom is 0.416 e. The molecule has 0 aliphatic rings. The van der Waals surface area contributed by atoms with E-state index in [1.54, 1.807) is 12.1 Å². The predicted octanol–water partition coefficient (Wildman–Crippen LogP) is 3.83. The molecule has 6 heteroatoms. The molecular weight excluding hydrogens is 281 g/mol. The Balaban J connectivity index is 2.33. The molecule has 0 aliphatic heterocycles. The second-order valence-corrected chi connectivity index (χ2v) is 4.27. The van der Waals surface area contributed by atoms with Gasteiger partial charge in [-0.05, 0) is 35.9 Å². The van der Waals surface area contributed by atoms with Gasteiger partial charge in [0.25, 0.3) is 0 Å². The Bertz CT molecular complexity index is 690. The van der Waals surface area contributed by atoms with E-state index in [0.29, 0.717) is 0 Å². The lowest BCUT2D eigenvalue weighted by molar-refractivity contribution is -0.137. The van der Waals surface area contributed by atoms with Crippen LogP contribution in [0.25, 0.3) is 0 Å². The molecule has 108 valence electrons. The van der Waals surface area contributed by atoms with Gasteiger partial charge in [-0.3, -0.25) is 0 Å². The molecule has 0 saturated heterocycles. The van der Waals surface area contributed by atoms with Crippen molar-refractivity contribution in [1.82, 2.24) is 0 Å². The van der Waals surface area contributed by atoms with E-state index in [0.717, 1.165) is 17.7 Å². The van der Waals surface area contributed by atoms with E-state index in [2.05, 4.69) is 0 Å². The highest BCUT2D eigenvalue weighted by molar-refractivity contribution is 5.47. The van der Waals surface area contributed by atoms with Crippen molar-refractivity contribution < 1.29 is 17.9 Å². The number of nitriles is 1. The number of halogens is 3. The van der Waals surface area contributed by atoms with Crippen LogP contribution in [0, 0.1) is 11.3 Å². The zero-order valence-corrected chi connectivity index (χ0v) is 10.8. The lowest BCUT2D eigenvalue weighted by atomic mass is 10.1. The van der Waals surface area contributed by atoms with Gasteiger partial charge in [-0.15, -0.1) is 0 Å². The highest BCUT2D eigenvalue weighted by Crippen LogP contribution is 2.33. The molecule has 0 spiro atoms.